The third-order valence-electron chi connectivity index (χ3n) is 5.63. The smallest absolute Gasteiger partial charge is 0.251 e. The van der Waals surface area contributed by atoms with Crippen molar-refractivity contribution in [2.45, 2.75) is 44.1 Å². The average Bonchev–Trinajstić information content (AvgIpc) is 3.37. The number of hydrogen-bond acceptors (Lipinski definition) is 9. The number of carbonyl (C=O) groups excluding carboxylic acids is 1. The van der Waals surface area contributed by atoms with Gasteiger partial charge in [0, 0.05) is 36.6 Å². The number of rotatable bonds is 6. The SMILES string of the molecule is C[C@@]1(C(=O)Nc2cnccn2)CCCN1c1nc(Cl)nc(Nc2cc(C3CC3)[nH]n2)n1. The van der Waals surface area contributed by atoms with Crippen LogP contribution in [0.4, 0.5) is 23.5 Å². The van der Waals surface area contributed by atoms with Crippen molar-refractivity contribution in [1.82, 2.24) is 35.1 Å². The molecule has 0 bridgehead atoms. The van der Waals surface area contributed by atoms with Crippen LogP contribution in [0.5, 0.6) is 0 Å². The van der Waals surface area contributed by atoms with Crippen molar-refractivity contribution in [2.24, 2.45) is 0 Å². The normalized spacial score (nSPS) is 20.6. The second kappa shape index (κ2) is 7.73. The molecule has 0 radical (unpaired) electrons. The Morgan fingerprint density at radius 3 is 2.90 bits per heavy atom. The van der Waals surface area contributed by atoms with Gasteiger partial charge in [0.2, 0.25) is 17.2 Å². The summed E-state index contributed by atoms with van der Waals surface area (Å²) in [6.07, 6.45) is 8.37. The number of anilines is 4. The summed E-state index contributed by atoms with van der Waals surface area (Å²) in [5, 5.41) is 13.2. The lowest BCUT2D eigenvalue weighted by Crippen LogP contribution is -2.51. The summed E-state index contributed by atoms with van der Waals surface area (Å²) in [6.45, 7) is 2.46. The highest BCUT2D eigenvalue weighted by atomic mass is 35.5. The molecule has 0 aromatic carbocycles. The van der Waals surface area contributed by atoms with Crippen LogP contribution in [0.3, 0.4) is 0 Å². The Labute approximate surface area is 183 Å². The fraction of sp³-hybridized carbons (Fsp3) is 0.421. The lowest BCUT2D eigenvalue weighted by atomic mass is 9.98. The summed E-state index contributed by atoms with van der Waals surface area (Å²) in [7, 11) is 0. The Hall–Kier alpha value is -3.34. The van der Waals surface area contributed by atoms with Crippen molar-refractivity contribution in [3.63, 3.8) is 0 Å². The van der Waals surface area contributed by atoms with Gasteiger partial charge in [-0.15, -0.1) is 0 Å². The molecule has 1 saturated carbocycles. The summed E-state index contributed by atoms with van der Waals surface area (Å²) >= 11 is 6.19. The molecular formula is C19H21ClN10O. The Balaban J connectivity index is 1.38. The van der Waals surface area contributed by atoms with Gasteiger partial charge in [-0.05, 0) is 44.2 Å². The monoisotopic (exact) mass is 440 g/mol. The van der Waals surface area contributed by atoms with Crippen molar-refractivity contribution in [1.29, 1.82) is 0 Å². The standard InChI is InChI=1S/C19H21ClN10O/c1-19(15(31)23-14-10-21-6-7-22-14)5-2-8-30(19)18-26-16(20)25-17(27-18)24-13-9-12(28-29-13)11-3-4-11/h6-7,9-11H,2-5,8H2,1H3,(H,22,23,31)(H2,24,25,26,27,28,29)/t19-/m0/s1. The maximum absolute atomic E-state index is 13.1. The Bertz CT molecular complexity index is 1100. The molecule has 2 aliphatic rings. The highest BCUT2D eigenvalue weighted by Gasteiger charge is 2.45. The van der Waals surface area contributed by atoms with Gasteiger partial charge in [0.1, 0.15) is 5.54 Å². The number of nitrogens with zero attached hydrogens (tertiary/aromatic N) is 7. The van der Waals surface area contributed by atoms with Crippen LogP contribution >= 0.6 is 11.6 Å². The minimum atomic E-state index is -0.870. The first kappa shape index (κ1) is 19.6. The fourth-order valence-electron chi connectivity index (χ4n) is 3.77. The molecule has 0 spiro atoms. The molecule has 3 N–H and O–H groups in total. The average molecular weight is 441 g/mol. The number of aromatic nitrogens is 7. The predicted molar refractivity (Wildman–Crippen MR) is 114 cm³/mol. The number of aromatic amines is 1. The minimum Gasteiger partial charge on any atom is -0.326 e. The molecule has 1 atom stereocenters. The van der Waals surface area contributed by atoms with Crippen LogP contribution in [-0.2, 0) is 4.79 Å². The molecule has 31 heavy (non-hydrogen) atoms. The maximum Gasteiger partial charge on any atom is 0.251 e. The van der Waals surface area contributed by atoms with Crippen LogP contribution in [0.1, 0.15) is 44.2 Å². The number of amides is 1. The van der Waals surface area contributed by atoms with E-state index in [1.165, 1.54) is 25.2 Å². The molecule has 0 unspecified atom stereocenters. The third kappa shape index (κ3) is 4.00. The quantitative estimate of drug-likeness (QED) is 0.528. The number of halogens is 1. The van der Waals surface area contributed by atoms with E-state index in [1.807, 2.05) is 17.9 Å². The lowest BCUT2D eigenvalue weighted by molar-refractivity contribution is -0.120. The first-order chi connectivity index (χ1) is 15.0. The molecule has 5 rings (SSSR count). The molecule has 1 saturated heterocycles. The van der Waals surface area contributed by atoms with Crippen molar-refractivity contribution in [3.8, 4) is 0 Å². The first-order valence-electron chi connectivity index (χ1n) is 10.1. The minimum absolute atomic E-state index is 0.0361. The molecule has 1 amide bonds. The molecule has 4 heterocycles. The highest BCUT2D eigenvalue weighted by Crippen LogP contribution is 2.39. The summed E-state index contributed by atoms with van der Waals surface area (Å²) in [4.78, 5) is 36.0. The molecule has 11 nitrogen and oxygen atoms in total. The van der Waals surface area contributed by atoms with Gasteiger partial charge in [-0.25, -0.2) is 4.98 Å². The second-order valence-corrected chi connectivity index (χ2v) is 8.25. The van der Waals surface area contributed by atoms with E-state index in [4.69, 9.17) is 11.6 Å². The topological polar surface area (TPSA) is 138 Å². The van der Waals surface area contributed by atoms with Crippen molar-refractivity contribution in [3.05, 3.63) is 35.6 Å². The van der Waals surface area contributed by atoms with Crippen LogP contribution in [0.25, 0.3) is 0 Å². The van der Waals surface area contributed by atoms with Crippen LogP contribution in [0.15, 0.2) is 24.7 Å². The van der Waals surface area contributed by atoms with Crippen LogP contribution in [0.2, 0.25) is 5.28 Å². The van der Waals surface area contributed by atoms with Gasteiger partial charge in [0.05, 0.1) is 6.20 Å². The summed E-state index contributed by atoms with van der Waals surface area (Å²) in [6, 6.07) is 1.95. The zero-order chi connectivity index (χ0) is 21.4. The molecule has 1 aliphatic carbocycles. The van der Waals surface area contributed by atoms with E-state index in [1.54, 1.807) is 6.20 Å². The van der Waals surface area contributed by atoms with Crippen molar-refractivity contribution in [2.75, 3.05) is 22.1 Å². The van der Waals surface area contributed by atoms with Gasteiger partial charge in [-0.3, -0.25) is 14.9 Å². The van der Waals surface area contributed by atoms with Gasteiger partial charge >= 0.3 is 0 Å². The highest BCUT2D eigenvalue weighted by molar-refractivity contribution is 6.28. The molecular weight excluding hydrogens is 420 g/mol. The van der Waals surface area contributed by atoms with Gasteiger partial charge in [0.15, 0.2) is 11.6 Å². The summed E-state index contributed by atoms with van der Waals surface area (Å²) < 4.78 is 0. The Kier molecular flexibility index (Phi) is 4.89. The van der Waals surface area contributed by atoms with Crippen molar-refractivity contribution >= 4 is 41.0 Å². The molecule has 1 aliphatic heterocycles. The maximum atomic E-state index is 13.1. The Morgan fingerprint density at radius 1 is 1.26 bits per heavy atom. The van der Waals surface area contributed by atoms with E-state index >= 15 is 0 Å². The molecule has 3 aromatic rings. The van der Waals surface area contributed by atoms with Crippen LogP contribution in [-0.4, -0.2) is 53.1 Å². The van der Waals surface area contributed by atoms with Gasteiger partial charge in [-0.1, -0.05) is 0 Å². The van der Waals surface area contributed by atoms with Gasteiger partial charge < -0.3 is 15.5 Å². The van der Waals surface area contributed by atoms with Crippen molar-refractivity contribution < 1.29 is 4.79 Å². The van der Waals surface area contributed by atoms with E-state index in [2.05, 4.69) is 45.8 Å². The van der Waals surface area contributed by atoms with E-state index in [0.29, 0.717) is 36.5 Å². The predicted octanol–water partition coefficient (Wildman–Crippen LogP) is 2.66. The molecule has 160 valence electrons. The van der Waals surface area contributed by atoms with Crippen LogP contribution in [0, 0.1) is 0 Å². The van der Waals surface area contributed by atoms with E-state index in [9.17, 15) is 4.79 Å². The largest absolute Gasteiger partial charge is 0.326 e. The zero-order valence-corrected chi connectivity index (χ0v) is 17.6. The zero-order valence-electron chi connectivity index (χ0n) is 16.8. The molecule has 12 heteroatoms. The van der Waals surface area contributed by atoms with Gasteiger partial charge in [-0.2, -0.15) is 20.1 Å². The number of hydrogen-bond donors (Lipinski definition) is 3. The van der Waals surface area contributed by atoms with E-state index < -0.39 is 5.54 Å². The molecule has 2 fully saturated rings. The first-order valence-corrected chi connectivity index (χ1v) is 10.5. The number of nitrogens with one attached hydrogen (secondary N) is 3. The number of carbonyl (C=O) groups is 1. The second-order valence-electron chi connectivity index (χ2n) is 7.91. The lowest BCUT2D eigenvalue weighted by Gasteiger charge is -2.33. The van der Waals surface area contributed by atoms with E-state index in [-0.39, 0.29) is 17.1 Å². The molecule has 3 aromatic heterocycles. The fourth-order valence-corrected chi connectivity index (χ4v) is 3.93. The third-order valence-corrected chi connectivity index (χ3v) is 5.80. The van der Waals surface area contributed by atoms with Gasteiger partial charge in [0.25, 0.3) is 5.91 Å². The Morgan fingerprint density at radius 2 is 2.13 bits per heavy atom. The van der Waals surface area contributed by atoms with E-state index in [0.717, 1.165) is 12.1 Å². The number of H-pyrrole nitrogens is 1. The summed E-state index contributed by atoms with van der Waals surface area (Å²) in [5.74, 6) is 1.94. The van der Waals surface area contributed by atoms with Crippen LogP contribution < -0.4 is 15.5 Å². The summed E-state index contributed by atoms with van der Waals surface area (Å²) in [5.41, 5.74) is 0.223.